The predicted molar refractivity (Wildman–Crippen MR) is 114 cm³/mol. The van der Waals surface area contributed by atoms with Gasteiger partial charge in [-0.05, 0) is 37.1 Å². The van der Waals surface area contributed by atoms with Gasteiger partial charge in [0.1, 0.15) is 11.7 Å². The summed E-state index contributed by atoms with van der Waals surface area (Å²) in [6, 6.07) is 10.5. The molecule has 0 fully saturated rings. The molecule has 1 aromatic carbocycles. The van der Waals surface area contributed by atoms with Crippen LogP contribution in [0.1, 0.15) is 31.2 Å². The number of aliphatic imine (C=N–C) groups is 1. The van der Waals surface area contributed by atoms with E-state index in [4.69, 9.17) is 0 Å². The van der Waals surface area contributed by atoms with E-state index in [1.165, 1.54) is 0 Å². The molecule has 2 aromatic rings. The molecule has 0 radical (unpaired) electrons. The third-order valence-corrected chi connectivity index (χ3v) is 5.88. The number of pyridine rings is 1. The molecule has 0 saturated carbocycles. The average molecular weight is 416 g/mol. The molecule has 3 rings (SSSR count). The summed E-state index contributed by atoms with van der Waals surface area (Å²) < 4.78 is 26.6. The molecule has 8 nitrogen and oxygen atoms in total. The molecule has 1 amide bonds. The highest BCUT2D eigenvalue weighted by molar-refractivity contribution is 7.90. The highest BCUT2D eigenvalue weighted by Crippen LogP contribution is 2.22. The van der Waals surface area contributed by atoms with Gasteiger partial charge in [-0.25, -0.2) is 13.4 Å². The summed E-state index contributed by atoms with van der Waals surface area (Å²) in [5.74, 6) is 1.18. The van der Waals surface area contributed by atoms with Gasteiger partial charge in [-0.3, -0.25) is 14.5 Å². The van der Waals surface area contributed by atoms with Crippen LogP contribution in [0.5, 0.6) is 0 Å². The normalized spacial score (nSPS) is 15.6. The molecule has 9 heteroatoms. The molecule has 1 aliphatic rings. The van der Waals surface area contributed by atoms with Crippen LogP contribution >= 0.6 is 0 Å². The van der Waals surface area contributed by atoms with E-state index >= 15 is 0 Å². The zero-order valence-electron chi connectivity index (χ0n) is 16.6. The number of amidine groups is 1. The third kappa shape index (κ3) is 5.32. The molecule has 0 bridgehead atoms. The fourth-order valence-electron chi connectivity index (χ4n) is 2.96. The van der Waals surface area contributed by atoms with E-state index in [1.54, 1.807) is 30.5 Å². The van der Waals surface area contributed by atoms with Crippen LogP contribution in [0, 0.1) is 0 Å². The minimum Gasteiger partial charge on any atom is -0.363 e. The number of amides is 1. The maximum Gasteiger partial charge on any atom is 0.263 e. The van der Waals surface area contributed by atoms with Crippen LogP contribution in [0.15, 0.2) is 52.5 Å². The number of unbranched alkanes of at least 4 members (excludes halogenated alkanes) is 2. The summed E-state index contributed by atoms with van der Waals surface area (Å²) in [4.78, 5) is 22.8. The highest BCUT2D eigenvalue weighted by atomic mass is 32.2. The van der Waals surface area contributed by atoms with E-state index in [2.05, 4.69) is 20.0 Å². The number of fused-ring (bicyclic) bond motifs is 1. The van der Waals surface area contributed by atoms with Crippen molar-refractivity contribution in [2.75, 3.05) is 30.9 Å². The van der Waals surface area contributed by atoms with Gasteiger partial charge >= 0.3 is 0 Å². The van der Waals surface area contributed by atoms with Crippen molar-refractivity contribution in [1.82, 2.24) is 9.71 Å². The van der Waals surface area contributed by atoms with Crippen LogP contribution < -0.4 is 14.9 Å². The number of carbonyl (C=O) groups is 1. The van der Waals surface area contributed by atoms with Crippen molar-refractivity contribution in [3.8, 4) is 0 Å². The van der Waals surface area contributed by atoms with Crippen molar-refractivity contribution in [3.63, 3.8) is 0 Å². The van der Waals surface area contributed by atoms with E-state index in [0.29, 0.717) is 30.1 Å². The SMILES string of the molecule is CN(C)c1ccc(NC(=O)CCCCCN=C2NS(=O)(=O)c3ccccc32)cn1. The molecule has 0 aliphatic carbocycles. The average Bonchev–Trinajstić information content (AvgIpc) is 2.95. The monoisotopic (exact) mass is 415 g/mol. The van der Waals surface area contributed by atoms with E-state index in [0.717, 1.165) is 25.1 Å². The first-order chi connectivity index (χ1) is 13.9. The fraction of sp³-hybridized carbons (Fsp3) is 0.350. The summed E-state index contributed by atoms with van der Waals surface area (Å²) in [6.45, 7) is 0.504. The van der Waals surface area contributed by atoms with Crippen molar-refractivity contribution in [3.05, 3.63) is 48.2 Å². The number of carbonyl (C=O) groups excluding carboxylic acids is 1. The summed E-state index contributed by atoms with van der Waals surface area (Å²) >= 11 is 0. The molecule has 2 N–H and O–H groups in total. The number of benzene rings is 1. The Morgan fingerprint density at radius 1 is 1.14 bits per heavy atom. The Bertz CT molecular complexity index is 1000. The summed E-state index contributed by atoms with van der Waals surface area (Å²) in [5, 5.41) is 2.84. The molecular formula is C20H25N5O3S. The molecule has 2 heterocycles. The van der Waals surface area contributed by atoms with E-state index in [-0.39, 0.29) is 10.8 Å². The van der Waals surface area contributed by atoms with Crippen LogP contribution in [-0.2, 0) is 14.8 Å². The van der Waals surface area contributed by atoms with Crippen molar-refractivity contribution in [2.24, 2.45) is 4.99 Å². The van der Waals surface area contributed by atoms with E-state index in [1.807, 2.05) is 31.1 Å². The standard InChI is InChI=1S/C20H25N5O3S/c1-25(2)18-12-11-15(14-22-18)23-19(26)10-4-3-7-13-21-20-16-8-5-6-9-17(16)29(27,28)24-20/h5-6,8-9,11-12,14H,3-4,7,10,13H2,1-2H3,(H,21,24)(H,23,26). The Morgan fingerprint density at radius 3 is 2.66 bits per heavy atom. The first-order valence-corrected chi connectivity index (χ1v) is 10.9. The molecule has 154 valence electrons. The van der Waals surface area contributed by atoms with Crippen LogP contribution in [0.2, 0.25) is 0 Å². The lowest BCUT2D eigenvalue weighted by molar-refractivity contribution is -0.116. The van der Waals surface area contributed by atoms with Gasteiger partial charge in [0.05, 0.1) is 16.8 Å². The van der Waals surface area contributed by atoms with Crippen LogP contribution in [-0.4, -0.2) is 45.8 Å². The van der Waals surface area contributed by atoms with Gasteiger partial charge in [0.15, 0.2) is 0 Å². The van der Waals surface area contributed by atoms with E-state index in [9.17, 15) is 13.2 Å². The number of nitrogens with zero attached hydrogens (tertiary/aromatic N) is 3. The van der Waals surface area contributed by atoms with Gasteiger partial charge in [-0.1, -0.05) is 18.6 Å². The second kappa shape index (κ2) is 9.04. The van der Waals surface area contributed by atoms with Crippen LogP contribution in [0.25, 0.3) is 0 Å². The first-order valence-electron chi connectivity index (χ1n) is 9.47. The van der Waals surface area contributed by atoms with Gasteiger partial charge in [-0.15, -0.1) is 0 Å². The lowest BCUT2D eigenvalue weighted by atomic mass is 10.2. The third-order valence-electron chi connectivity index (χ3n) is 4.48. The maximum atomic E-state index is 12.0. The molecule has 0 unspecified atom stereocenters. The topological polar surface area (TPSA) is 104 Å². The minimum atomic E-state index is -3.49. The molecule has 0 saturated heterocycles. The Kier molecular flexibility index (Phi) is 6.48. The first kappa shape index (κ1) is 20.8. The van der Waals surface area contributed by atoms with Gasteiger partial charge in [0, 0.05) is 32.6 Å². The smallest absolute Gasteiger partial charge is 0.263 e. The number of hydrogen-bond donors (Lipinski definition) is 2. The molecule has 0 spiro atoms. The zero-order chi connectivity index (χ0) is 20.9. The van der Waals surface area contributed by atoms with Crippen LogP contribution in [0.3, 0.4) is 0 Å². The number of anilines is 2. The summed E-state index contributed by atoms with van der Waals surface area (Å²) in [7, 11) is 0.325. The zero-order valence-corrected chi connectivity index (χ0v) is 17.4. The highest BCUT2D eigenvalue weighted by Gasteiger charge is 2.29. The van der Waals surface area contributed by atoms with Gasteiger partial charge < -0.3 is 10.2 Å². The van der Waals surface area contributed by atoms with Crippen molar-refractivity contribution < 1.29 is 13.2 Å². The molecular weight excluding hydrogens is 390 g/mol. The minimum absolute atomic E-state index is 0.0480. The van der Waals surface area contributed by atoms with E-state index < -0.39 is 10.0 Å². The van der Waals surface area contributed by atoms with Crippen molar-refractivity contribution in [2.45, 2.75) is 30.6 Å². The van der Waals surface area contributed by atoms with Crippen molar-refractivity contribution >= 4 is 33.3 Å². The molecule has 1 aliphatic heterocycles. The maximum absolute atomic E-state index is 12.0. The molecule has 29 heavy (non-hydrogen) atoms. The lowest BCUT2D eigenvalue weighted by Gasteiger charge is -2.11. The second-order valence-corrected chi connectivity index (χ2v) is 8.64. The number of sulfonamides is 1. The Hall–Kier alpha value is -2.94. The Morgan fingerprint density at radius 2 is 1.93 bits per heavy atom. The van der Waals surface area contributed by atoms with Crippen molar-refractivity contribution in [1.29, 1.82) is 0 Å². The van der Waals surface area contributed by atoms with Crippen LogP contribution in [0.4, 0.5) is 11.5 Å². The number of aromatic nitrogens is 1. The lowest BCUT2D eigenvalue weighted by Crippen LogP contribution is -2.22. The van der Waals surface area contributed by atoms with Gasteiger partial charge in [0.25, 0.3) is 10.0 Å². The second-order valence-electron chi connectivity index (χ2n) is 6.99. The quantitative estimate of drug-likeness (QED) is 0.644. The Labute approximate surface area is 171 Å². The Balaban J connectivity index is 1.39. The largest absolute Gasteiger partial charge is 0.363 e. The molecule has 0 atom stereocenters. The summed E-state index contributed by atoms with van der Waals surface area (Å²) in [6.07, 6.45) is 4.41. The predicted octanol–water partition coefficient (Wildman–Crippen LogP) is 2.39. The summed E-state index contributed by atoms with van der Waals surface area (Å²) in [5.41, 5.74) is 1.29. The number of rotatable bonds is 8. The van der Waals surface area contributed by atoms with Gasteiger partial charge in [0.2, 0.25) is 5.91 Å². The number of nitrogens with one attached hydrogen (secondary N) is 2. The molecule has 1 aromatic heterocycles. The number of hydrogen-bond acceptors (Lipinski definition) is 6. The van der Waals surface area contributed by atoms with Gasteiger partial charge in [-0.2, -0.15) is 0 Å². The fourth-order valence-corrected chi connectivity index (χ4v) is 4.22.